The molecule has 0 unspecified atom stereocenters. The zero-order valence-electron chi connectivity index (χ0n) is 16.5. The van der Waals surface area contributed by atoms with Crippen LogP contribution in [0.4, 0.5) is 0 Å². The molecule has 3 aromatic carbocycles. The maximum Gasteiger partial charge on any atom is 0.338 e. The lowest BCUT2D eigenvalue weighted by molar-refractivity contribution is 0.0468. The van der Waals surface area contributed by atoms with E-state index in [9.17, 15) is 18.0 Å². The molecule has 0 radical (unpaired) electrons. The number of hydrogen-bond acceptors (Lipinski definition) is 7. The van der Waals surface area contributed by atoms with E-state index >= 15 is 0 Å². The van der Waals surface area contributed by atoms with E-state index in [4.69, 9.17) is 4.74 Å². The first kappa shape index (κ1) is 20.3. The normalized spacial score (nSPS) is 13.8. The Bertz CT molecular complexity index is 1470. The Kier molecular flexibility index (Phi) is 4.96. The number of esters is 1. The number of carbonyl (C=O) groups is 2. The van der Waals surface area contributed by atoms with Crippen molar-refractivity contribution in [1.82, 2.24) is 4.98 Å². The molecule has 2 heterocycles. The second kappa shape index (κ2) is 7.81. The second-order valence-corrected chi connectivity index (χ2v) is 9.87. The van der Waals surface area contributed by atoms with Crippen LogP contribution in [0.2, 0.25) is 0 Å². The molecule has 158 valence electrons. The minimum atomic E-state index is -3.92. The minimum Gasteiger partial charge on any atom is -0.456 e. The number of hydrogen-bond donors (Lipinski definition) is 0. The van der Waals surface area contributed by atoms with Gasteiger partial charge >= 0.3 is 5.97 Å². The molecule has 0 amide bonds. The number of rotatable bonds is 4. The van der Waals surface area contributed by atoms with Crippen molar-refractivity contribution in [2.75, 3.05) is 0 Å². The van der Waals surface area contributed by atoms with Gasteiger partial charge < -0.3 is 4.74 Å². The maximum atomic E-state index is 13.0. The Balaban J connectivity index is 1.38. The number of sulfone groups is 1. The topological polar surface area (TPSA) is 90.4 Å². The first-order valence-corrected chi connectivity index (χ1v) is 12.0. The smallest absolute Gasteiger partial charge is 0.338 e. The van der Waals surface area contributed by atoms with E-state index in [0.717, 1.165) is 10.6 Å². The van der Waals surface area contributed by atoms with Gasteiger partial charge in [-0.25, -0.2) is 18.2 Å². The van der Waals surface area contributed by atoms with Crippen LogP contribution in [-0.2, 0) is 21.2 Å². The van der Waals surface area contributed by atoms with Gasteiger partial charge in [-0.05, 0) is 30.3 Å². The summed E-state index contributed by atoms with van der Waals surface area (Å²) in [4.78, 5) is 29.5. The Labute approximate surface area is 188 Å². The largest absolute Gasteiger partial charge is 0.456 e. The Morgan fingerprint density at radius 1 is 0.906 bits per heavy atom. The average Bonchev–Trinajstić information content (AvgIpc) is 3.31. The molecule has 6 nitrogen and oxygen atoms in total. The van der Waals surface area contributed by atoms with Gasteiger partial charge in [0.2, 0.25) is 9.84 Å². The summed E-state index contributed by atoms with van der Waals surface area (Å²) in [5.41, 5.74) is 1.80. The summed E-state index contributed by atoms with van der Waals surface area (Å²) < 4.78 is 31.4. The van der Waals surface area contributed by atoms with Gasteiger partial charge in [0.15, 0.2) is 5.78 Å². The van der Waals surface area contributed by atoms with Gasteiger partial charge in [-0.1, -0.05) is 42.5 Å². The molecule has 0 atom stereocenters. The quantitative estimate of drug-likeness (QED) is 0.365. The number of ketones is 1. The number of thiazole rings is 1. The third-order valence-corrected chi connectivity index (χ3v) is 7.89. The van der Waals surface area contributed by atoms with Crippen LogP contribution in [0, 0.1) is 0 Å². The molecule has 0 N–H and O–H groups in total. The maximum absolute atomic E-state index is 13.0. The number of aromatic nitrogens is 1. The number of fused-ring (bicyclic) bond motifs is 2. The van der Waals surface area contributed by atoms with Gasteiger partial charge in [-0.15, -0.1) is 11.3 Å². The van der Waals surface area contributed by atoms with Crippen molar-refractivity contribution in [2.24, 2.45) is 0 Å². The van der Waals surface area contributed by atoms with E-state index < -0.39 is 15.8 Å². The summed E-state index contributed by atoms with van der Waals surface area (Å²) in [6, 6.07) is 19.7. The molecule has 32 heavy (non-hydrogen) atoms. The second-order valence-electron chi connectivity index (χ2n) is 7.13. The van der Waals surface area contributed by atoms with E-state index in [0.29, 0.717) is 5.69 Å². The Morgan fingerprint density at radius 3 is 2.44 bits per heavy atom. The number of ether oxygens (including phenoxy) is 1. The van der Waals surface area contributed by atoms with Crippen LogP contribution in [0.5, 0.6) is 0 Å². The molecular weight excluding hydrogens is 446 g/mol. The first-order chi connectivity index (χ1) is 15.4. The van der Waals surface area contributed by atoms with Crippen molar-refractivity contribution in [2.45, 2.75) is 16.4 Å². The lowest BCUT2D eigenvalue weighted by Crippen LogP contribution is -2.21. The molecule has 0 saturated carbocycles. The van der Waals surface area contributed by atoms with Crippen LogP contribution in [0.15, 0.2) is 88.0 Å². The summed E-state index contributed by atoms with van der Waals surface area (Å²) in [6.07, 6.45) is 0. The summed E-state index contributed by atoms with van der Waals surface area (Å²) in [7, 11) is -3.92. The van der Waals surface area contributed by atoms with E-state index in [-0.39, 0.29) is 38.9 Å². The van der Waals surface area contributed by atoms with Gasteiger partial charge in [0, 0.05) is 22.1 Å². The molecule has 1 aromatic heterocycles. The van der Waals surface area contributed by atoms with Crippen molar-refractivity contribution in [3.8, 4) is 10.6 Å². The molecule has 1 aliphatic heterocycles. The number of carbonyl (C=O) groups excluding carboxylic acids is 2. The van der Waals surface area contributed by atoms with E-state index in [1.807, 2.05) is 35.7 Å². The van der Waals surface area contributed by atoms with Gasteiger partial charge in [-0.2, -0.15) is 0 Å². The molecule has 0 aliphatic carbocycles. The Morgan fingerprint density at radius 2 is 1.62 bits per heavy atom. The Hall–Kier alpha value is -3.62. The molecule has 1 aliphatic rings. The van der Waals surface area contributed by atoms with Crippen LogP contribution in [0.25, 0.3) is 10.6 Å². The van der Waals surface area contributed by atoms with Crippen LogP contribution >= 0.6 is 11.3 Å². The fraction of sp³-hybridized carbons (Fsp3) is 0.0417. The molecule has 0 saturated heterocycles. The molecule has 5 rings (SSSR count). The number of benzene rings is 3. The third-order valence-electron chi connectivity index (χ3n) is 5.10. The van der Waals surface area contributed by atoms with Crippen molar-refractivity contribution >= 4 is 32.9 Å². The monoisotopic (exact) mass is 461 g/mol. The SMILES string of the molecule is O=C(OCc1csc(-c2ccccc2)n1)c1ccc2c(c1)S(=O)(=O)c1ccccc1C2=O. The molecule has 0 fully saturated rings. The third kappa shape index (κ3) is 3.43. The van der Waals surface area contributed by atoms with Crippen LogP contribution in [0.1, 0.15) is 32.0 Å². The van der Waals surface area contributed by atoms with Gasteiger partial charge in [0.05, 0.1) is 21.0 Å². The standard InChI is InChI=1S/C24H15NO5S2/c26-22-18-8-4-5-9-20(18)32(28,29)21-12-16(10-11-19(21)22)24(27)30-13-17-14-31-23(25-17)15-6-2-1-3-7-15/h1-12,14H,13H2. The summed E-state index contributed by atoms with van der Waals surface area (Å²) in [6.45, 7) is -0.0479. The van der Waals surface area contributed by atoms with Gasteiger partial charge in [-0.3, -0.25) is 4.79 Å². The first-order valence-electron chi connectivity index (χ1n) is 9.65. The van der Waals surface area contributed by atoms with Crippen LogP contribution in [0.3, 0.4) is 0 Å². The van der Waals surface area contributed by atoms with E-state index in [1.54, 1.807) is 12.1 Å². The van der Waals surface area contributed by atoms with Crippen molar-refractivity contribution < 1.29 is 22.7 Å². The minimum absolute atomic E-state index is 0.0479. The van der Waals surface area contributed by atoms with Crippen LogP contribution in [-0.4, -0.2) is 25.2 Å². The van der Waals surface area contributed by atoms with Crippen molar-refractivity contribution in [3.05, 3.63) is 101 Å². The summed E-state index contributed by atoms with van der Waals surface area (Å²) in [5.74, 6) is -1.08. The lowest BCUT2D eigenvalue weighted by atomic mass is 10.0. The zero-order chi connectivity index (χ0) is 22.3. The lowest BCUT2D eigenvalue weighted by Gasteiger charge is -2.19. The fourth-order valence-corrected chi connectivity index (χ4v) is 6.01. The molecule has 0 bridgehead atoms. The highest BCUT2D eigenvalue weighted by atomic mass is 32.2. The molecule has 4 aromatic rings. The predicted molar refractivity (Wildman–Crippen MR) is 118 cm³/mol. The fourth-order valence-electron chi connectivity index (χ4n) is 3.52. The molecule has 0 spiro atoms. The van der Waals surface area contributed by atoms with Crippen molar-refractivity contribution in [1.29, 1.82) is 0 Å². The summed E-state index contributed by atoms with van der Waals surface area (Å²) in [5, 5.41) is 2.62. The highest BCUT2D eigenvalue weighted by Gasteiger charge is 2.35. The van der Waals surface area contributed by atoms with Gasteiger partial charge in [0.25, 0.3) is 0 Å². The van der Waals surface area contributed by atoms with Crippen molar-refractivity contribution in [3.63, 3.8) is 0 Å². The highest BCUT2D eigenvalue weighted by molar-refractivity contribution is 7.91. The van der Waals surface area contributed by atoms with Crippen LogP contribution < -0.4 is 0 Å². The number of nitrogens with zero attached hydrogens (tertiary/aromatic N) is 1. The highest BCUT2D eigenvalue weighted by Crippen LogP contribution is 2.35. The zero-order valence-corrected chi connectivity index (χ0v) is 18.2. The molecular formula is C24H15NO5S2. The average molecular weight is 462 g/mol. The predicted octanol–water partition coefficient (Wildman–Crippen LogP) is 4.54. The van der Waals surface area contributed by atoms with E-state index in [2.05, 4.69) is 4.98 Å². The van der Waals surface area contributed by atoms with Gasteiger partial charge in [0.1, 0.15) is 11.6 Å². The summed E-state index contributed by atoms with van der Waals surface area (Å²) >= 11 is 1.44. The van der Waals surface area contributed by atoms with E-state index in [1.165, 1.54) is 41.7 Å². The molecule has 8 heteroatoms.